The van der Waals surface area contributed by atoms with Crippen molar-refractivity contribution in [2.45, 2.75) is 12.6 Å². The van der Waals surface area contributed by atoms with Crippen molar-refractivity contribution in [2.24, 2.45) is 5.92 Å². The van der Waals surface area contributed by atoms with E-state index in [4.69, 9.17) is 15.6 Å². The summed E-state index contributed by atoms with van der Waals surface area (Å²) < 4.78 is 0. The van der Waals surface area contributed by atoms with Crippen molar-refractivity contribution in [3.63, 3.8) is 0 Å². The first-order valence-corrected chi connectivity index (χ1v) is 8.53. The summed E-state index contributed by atoms with van der Waals surface area (Å²) in [6.45, 7) is 2.17. The van der Waals surface area contributed by atoms with E-state index in [9.17, 15) is 5.11 Å². The number of H-pyrrole nitrogens is 1. The molecule has 0 aliphatic carbocycles. The Balaban J connectivity index is 0.000000595. The average molecular weight is 339 g/mol. The number of thioether (sulfide) groups is 1. The first-order valence-electron chi connectivity index (χ1n) is 7.14. The number of nitrogens with zero attached hydrogens (tertiary/aromatic N) is 3. The first kappa shape index (κ1) is 17.5. The summed E-state index contributed by atoms with van der Waals surface area (Å²) in [5.74, 6) is 1.83. The van der Waals surface area contributed by atoms with Gasteiger partial charge < -0.3 is 20.9 Å². The SMILES string of the molecule is CSC[C@H]1CN(Cc2c[nH]c3c(N)ncnc23)C[C@@H]1O.O=CO. The van der Waals surface area contributed by atoms with E-state index in [0.717, 1.165) is 42.0 Å². The highest BCUT2D eigenvalue weighted by atomic mass is 32.2. The number of aromatic amines is 1. The third kappa shape index (κ3) is 4.12. The van der Waals surface area contributed by atoms with Crippen LogP contribution in [-0.2, 0) is 11.3 Å². The molecule has 3 rings (SSSR count). The minimum absolute atomic E-state index is 0.229. The Kier molecular flexibility index (Phi) is 6.20. The highest BCUT2D eigenvalue weighted by Gasteiger charge is 2.31. The maximum atomic E-state index is 10.1. The standard InChI is InChI=1S/C13H19N5OS.CH2O2/c1-20-6-9-4-18(5-10(9)19)3-8-2-15-12-11(8)16-7-17-13(12)14;2-1-3/h2,7,9-10,15,19H,3-6H2,1H3,(H2,14,16,17);1H,(H,2,3)/t9-,10+;/m1./s1. The molecule has 3 heterocycles. The van der Waals surface area contributed by atoms with Gasteiger partial charge in [0.05, 0.1) is 11.6 Å². The zero-order chi connectivity index (χ0) is 16.8. The van der Waals surface area contributed by atoms with Crippen LogP contribution in [0.15, 0.2) is 12.5 Å². The number of likely N-dealkylation sites (tertiary alicyclic amines) is 1. The lowest BCUT2D eigenvalue weighted by molar-refractivity contribution is -0.122. The fourth-order valence-corrected chi connectivity index (χ4v) is 3.58. The van der Waals surface area contributed by atoms with Crippen molar-refractivity contribution >= 4 is 35.1 Å². The molecule has 23 heavy (non-hydrogen) atoms. The van der Waals surface area contributed by atoms with Crippen LogP contribution in [0.5, 0.6) is 0 Å². The second kappa shape index (κ2) is 8.14. The van der Waals surface area contributed by atoms with Gasteiger partial charge in [0.25, 0.3) is 6.47 Å². The van der Waals surface area contributed by atoms with Gasteiger partial charge in [-0.3, -0.25) is 9.69 Å². The van der Waals surface area contributed by atoms with Crippen LogP contribution in [0, 0.1) is 5.92 Å². The number of nitrogens with one attached hydrogen (secondary N) is 1. The molecule has 0 spiro atoms. The minimum Gasteiger partial charge on any atom is -0.483 e. The van der Waals surface area contributed by atoms with Gasteiger partial charge in [-0.25, -0.2) is 9.97 Å². The summed E-state index contributed by atoms with van der Waals surface area (Å²) in [6.07, 6.45) is 5.27. The number of nitrogen functional groups attached to an aromatic ring is 1. The monoisotopic (exact) mass is 339 g/mol. The number of hydrogen-bond donors (Lipinski definition) is 4. The van der Waals surface area contributed by atoms with Gasteiger partial charge in [0.15, 0.2) is 5.82 Å². The number of carboxylic acid groups (broad SMARTS) is 1. The third-order valence-corrected chi connectivity index (χ3v) is 4.59. The van der Waals surface area contributed by atoms with E-state index < -0.39 is 0 Å². The summed E-state index contributed by atoms with van der Waals surface area (Å²) in [5.41, 5.74) is 8.60. The van der Waals surface area contributed by atoms with E-state index in [-0.39, 0.29) is 12.6 Å². The molecule has 2 aromatic heterocycles. The molecule has 2 aromatic rings. The molecular formula is C14H21N5O3S. The molecule has 0 amide bonds. The molecular weight excluding hydrogens is 318 g/mol. The molecule has 1 aliphatic rings. The highest BCUT2D eigenvalue weighted by Crippen LogP contribution is 2.25. The highest BCUT2D eigenvalue weighted by molar-refractivity contribution is 7.98. The predicted molar refractivity (Wildman–Crippen MR) is 90.1 cm³/mol. The Bertz CT molecular complexity index is 650. The van der Waals surface area contributed by atoms with Crippen molar-refractivity contribution in [3.8, 4) is 0 Å². The Labute approximate surface area is 138 Å². The van der Waals surface area contributed by atoms with E-state index in [1.54, 1.807) is 11.8 Å². The van der Waals surface area contributed by atoms with Gasteiger partial charge >= 0.3 is 0 Å². The van der Waals surface area contributed by atoms with E-state index in [0.29, 0.717) is 11.7 Å². The Hall–Kier alpha value is -1.84. The topological polar surface area (TPSA) is 128 Å². The molecule has 0 unspecified atom stereocenters. The largest absolute Gasteiger partial charge is 0.483 e. The van der Waals surface area contributed by atoms with E-state index in [1.807, 2.05) is 6.20 Å². The lowest BCUT2D eigenvalue weighted by atomic mass is 10.1. The molecule has 126 valence electrons. The van der Waals surface area contributed by atoms with Crippen molar-refractivity contribution in [1.82, 2.24) is 19.9 Å². The van der Waals surface area contributed by atoms with Crippen molar-refractivity contribution in [1.29, 1.82) is 0 Å². The van der Waals surface area contributed by atoms with Gasteiger partial charge in [-0.2, -0.15) is 11.8 Å². The number of anilines is 1. The molecule has 2 atom stereocenters. The average Bonchev–Trinajstić information content (AvgIpc) is 3.07. The van der Waals surface area contributed by atoms with E-state index >= 15 is 0 Å². The zero-order valence-corrected chi connectivity index (χ0v) is 13.7. The number of aliphatic hydroxyl groups excluding tert-OH is 1. The molecule has 1 aliphatic heterocycles. The number of nitrogens with two attached hydrogens (primary N) is 1. The van der Waals surface area contributed by atoms with Crippen LogP contribution in [0.25, 0.3) is 11.0 Å². The fraction of sp³-hybridized carbons (Fsp3) is 0.500. The molecule has 0 aromatic carbocycles. The fourth-order valence-electron chi connectivity index (χ4n) is 2.82. The first-order chi connectivity index (χ1) is 11.1. The van der Waals surface area contributed by atoms with E-state index in [1.165, 1.54) is 6.33 Å². The zero-order valence-electron chi connectivity index (χ0n) is 12.8. The number of β-amino-alcohol motifs (C(OH)–C–C–N with tert-alkyl or cyclic N) is 1. The maximum Gasteiger partial charge on any atom is 0.290 e. The normalized spacial score (nSPS) is 21.1. The summed E-state index contributed by atoms with van der Waals surface area (Å²) in [4.78, 5) is 22.0. The van der Waals surface area contributed by atoms with Crippen LogP contribution in [-0.4, -0.2) is 67.7 Å². The van der Waals surface area contributed by atoms with Crippen LogP contribution in [0.2, 0.25) is 0 Å². The number of carbonyl (C=O) groups is 1. The molecule has 8 nitrogen and oxygen atoms in total. The lowest BCUT2D eigenvalue weighted by Crippen LogP contribution is -2.21. The summed E-state index contributed by atoms with van der Waals surface area (Å²) in [7, 11) is 0. The number of fused-ring (bicyclic) bond motifs is 1. The molecule has 1 fully saturated rings. The number of rotatable bonds is 4. The van der Waals surface area contributed by atoms with Crippen LogP contribution >= 0.6 is 11.8 Å². The van der Waals surface area contributed by atoms with Gasteiger partial charge in [-0.05, 0) is 12.0 Å². The smallest absolute Gasteiger partial charge is 0.290 e. The molecule has 0 bridgehead atoms. The van der Waals surface area contributed by atoms with Crippen LogP contribution in [0.1, 0.15) is 5.56 Å². The molecule has 1 saturated heterocycles. The van der Waals surface area contributed by atoms with Gasteiger partial charge in [-0.1, -0.05) is 0 Å². The van der Waals surface area contributed by atoms with Crippen LogP contribution in [0.3, 0.4) is 0 Å². The van der Waals surface area contributed by atoms with Gasteiger partial charge in [0.2, 0.25) is 0 Å². The van der Waals surface area contributed by atoms with Crippen LogP contribution < -0.4 is 5.73 Å². The second-order valence-electron chi connectivity index (χ2n) is 5.38. The van der Waals surface area contributed by atoms with Crippen molar-refractivity contribution < 1.29 is 15.0 Å². The van der Waals surface area contributed by atoms with Gasteiger partial charge in [0, 0.05) is 37.3 Å². The Morgan fingerprint density at radius 1 is 1.52 bits per heavy atom. The number of hydrogen-bond acceptors (Lipinski definition) is 7. The van der Waals surface area contributed by atoms with Crippen molar-refractivity contribution in [3.05, 3.63) is 18.1 Å². The quantitative estimate of drug-likeness (QED) is 0.589. The number of aliphatic hydroxyl groups is 1. The predicted octanol–water partition coefficient (Wildman–Crippen LogP) is 0.397. The van der Waals surface area contributed by atoms with Gasteiger partial charge in [0.1, 0.15) is 11.8 Å². The molecule has 0 radical (unpaired) electrons. The summed E-state index contributed by atoms with van der Waals surface area (Å²) in [5, 5.41) is 17.0. The Morgan fingerprint density at radius 2 is 2.26 bits per heavy atom. The molecule has 9 heteroatoms. The Morgan fingerprint density at radius 3 is 2.96 bits per heavy atom. The summed E-state index contributed by atoms with van der Waals surface area (Å²) in [6, 6.07) is 0. The lowest BCUT2D eigenvalue weighted by Gasteiger charge is -2.14. The van der Waals surface area contributed by atoms with E-state index in [2.05, 4.69) is 26.1 Å². The minimum atomic E-state index is -0.250. The molecule has 5 N–H and O–H groups in total. The molecule has 0 saturated carbocycles. The van der Waals surface area contributed by atoms with Crippen LogP contribution in [0.4, 0.5) is 5.82 Å². The second-order valence-corrected chi connectivity index (χ2v) is 6.29. The third-order valence-electron chi connectivity index (χ3n) is 3.83. The van der Waals surface area contributed by atoms with Crippen molar-refractivity contribution in [2.75, 3.05) is 30.8 Å². The maximum absolute atomic E-state index is 10.1. The number of aromatic nitrogens is 3. The van der Waals surface area contributed by atoms with Gasteiger partial charge in [-0.15, -0.1) is 0 Å². The summed E-state index contributed by atoms with van der Waals surface area (Å²) >= 11 is 1.79.